The van der Waals surface area contributed by atoms with E-state index in [0.29, 0.717) is 47.2 Å². The first-order valence-electron chi connectivity index (χ1n) is 11.0. The molecular weight excluding hydrogens is 416 g/mol. The lowest BCUT2D eigenvalue weighted by Gasteiger charge is -2.22. The Labute approximate surface area is 192 Å². The summed E-state index contributed by atoms with van der Waals surface area (Å²) in [6.45, 7) is 3.01. The van der Waals surface area contributed by atoms with Crippen molar-refractivity contribution < 1.29 is 19.1 Å². The first-order chi connectivity index (χ1) is 16.1. The molecule has 0 saturated carbocycles. The summed E-state index contributed by atoms with van der Waals surface area (Å²) >= 11 is 0. The van der Waals surface area contributed by atoms with E-state index in [0.717, 1.165) is 17.7 Å². The number of amides is 2. The van der Waals surface area contributed by atoms with Crippen molar-refractivity contribution in [3.63, 3.8) is 0 Å². The number of hydrogen-bond acceptors (Lipinski definition) is 5. The summed E-state index contributed by atoms with van der Waals surface area (Å²) < 4.78 is 11.2. The lowest BCUT2D eigenvalue weighted by Crippen LogP contribution is -2.34. The molecule has 0 aromatic heterocycles. The summed E-state index contributed by atoms with van der Waals surface area (Å²) in [6.07, 6.45) is 0.806. The highest BCUT2D eigenvalue weighted by atomic mass is 16.5. The van der Waals surface area contributed by atoms with Crippen LogP contribution in [0.5, 0.6) is 11.5 Å². The fraction of sp³-hybridized carbons (Fsp3) is 0.185. The van der Waals surface area contributed by atoms with Crippen LogP contribution in [-0.2, 0) is 16.0 Å². The molecule has 0 aliphatic carbocycles. The highest BCUT2D eigenvalue weighted by molar-refractivity contribution is 6.46. The Morgan fingerprint density at radius 1 is 0.909 bits per heavy atom. The van der Waals surface area contributed by atoms with E-state index < -0.39 is 0 Å². The Morgan fingerprint density at radius 2 is 1.70 bits per heavy atom. The van der Waals surface area contributed by atoms with Gasteiger partial charge in [0.1, 0.15) is 17.2 Å². The second-order valence-electron chi connectivity index (χ2n) is 7.83. The van der Waals surface area contributed by atoms with E-state index in [1.54, 1.807) is 31.4 Å². The van der Waals surface area contributed by atoms with Gasteiger partial charge in [0.2, 0.25) is 0 Å². The smallest absolute Gasteiger partial charge is 0.282 e. The van der Waals surface area contributed by atoms with Crippen LogP contribution in [0.4, 0.5) is 11.4 Å². The number of nitrogens with zero attached hydrogens (tertiary/aromatic N) is 2. The van der Waals surface area contributed by atoms with Gasteiger partial charge in [-0.25, -0.2) is 4.90 Å². The number of anilines is 2. The van der Waals surface area contributed by atoms with Crippen LogP contribution < -0.4 is 19.3 Å². The van der Waals surface area contributed by atoms with Crippen LogP contribution in [0.3, 0.4) is 0 Å². The van der Waals surface area contributed by atoms with Crippen molar-refractivity contribution in [2.45, 2.75) is 13.3 Å². The van der Waals surface area contributed by atoms with Gasteiger partial charge in [0.25, 0.3) is 11.8 Å². The van der Waals surface area contributed by atoms with Gasteiger partial charge in [-0.3, -0.25) is 9.59 Å². The molecule has 2 amide bonds. The van der Waals surface area contributed by atoms with Gasteiger partial charge < -0.3 is 14.4 Å². The zero-order valence-corrected chi connectivity index (χ0v) is 18.6. The third-order valence-corrected chi connectivity index (χ3v) is 5.98. The second kappa shape index (κ2) is 8.47. The number of hydrogen-bond donors (Lipinski definition) is 0. The quantitative estimate of drug-likeness (QED) is 0.531. The second-order valence-corrected chi connectivity index (χ2v) is 7.83. The van der Waals surface area contributed by atoms with Gasteiger partial charge in [-0.05, 0) is 43.2 Å². The number of benzene rings is 3. The topological polar surface area (TPSA) is 59.1 Å². The maximum absolute atomic E-state index is 13.9. The van der Waals surface area contributed by atoms with Gasteiger partial charge in [0.15, 0.2) is 0 Å². The number of fused-ring (bicyclic) bond motifs is 1. The predicted molar refractivity (Wildman–Crippen MR) is 128 cm³/mol. The number of carbonyl (C=O) groups is 2. The Bertz CT molecular complexity index is 1280. The van der Waals surface area contributed by atoms with E-state index in [-0.39, 0.29) is 11.8 Å². The first-order valence-corrected chi connectivity index (χ1v) is 11.0. The van der Waals surface area contributed by atoms with E-state index >= 15 is 0 Å². The Balaban J connectivity index is 1.68. The van der Waals surface area contributed by atoms with Gasteiger partial charge >= 0.3 is 0 Å². The molecule has 0 unspecified atom stereocenters. The molecule has 6 nitrogen and oxygen atoms in total. The summed E-state index contributed by atoms with van der Waals surface area (Å²) in [4.78, 5) is 30.9. The molecule has 0 saturated heterocycles. The average molecular weight is 440 g/mol. The molecule has 2 heterocycles. The molecule has 6 heteroatoms. The largest absolute Gasteiger partial charge is 0.496 e. The zero-order chi connectivity index (χ0) is 22.9. The van der Waals surface area contributed by atoms with E-state index in [2.05, 4.69) is 6.07 Å². The first kappa shape index (κ1) is 20.8. The summed E-state index contributed by atoms with van der Waals surface area (Å²) in [6, 6.07) is 22.4. The maximum atomic E-state index is 13.9. The normalized spacial score (nSPS) is 15.3. The lowest BCUT2D eigenvalue weighted by atomic mass is 10.0. The predicted octanol–water partition coefficient (Wildman–Crippen LogP) is 4.44. The molecular formula is C27H24N2O4. The fourth-order valence-corrected chi connectivity index (χ4v) is 4.55. The molecule has 0 radical (unpaired) electrons. The minimum Gasteiger partial charge on any atom is -0.496 e. The SMILES string of the molecule is CCOc1cccc(N2C(=O)C(c3ccccc3OC)=C(N3CCc4ccccc43)C2=O)c1. The van der Waals surface area contributed by atoms with E-state index in [1.807, 2.05) is 54.3 Å². The highest BCUT2D eigenvalue weighted by Crippen LogP contribution is 2.42. The molecule has 3 aromatic carbocycles. The fourth-order valence-electron chi connectivity index (χ4n) is 4.55. The molecule has 5 rings (SSSR count). The standard InChI is InChI=1S/C27H24N2O4/c1-3-33-20-11-8-10-19(17-20)29-26(30)24(21-12-5-7-14-23(21)32-2)25(27(29)31)28-16-15-18-9-4-6-13-22(18)28/h4-14,17H,3,15-16H2,1-2H3. The van der Waals surface area contributed by atoms with Gasteiger partial charge in [-0.15, -0.1) is 0 Å². The van der Waals surface area contributed by atoms with Crippen molar-refractivity contribution in [2.75, 3.05) is 30.1 Å². The van der Waals surface area contributed by atoms with Crippen molar-refractivity contribution in [1.29, 1.82) is 0 Å². The minimum atomic E-state index is -0.377. The third-order valence-electron chi connectivity index (χ3n) is 5.98. The van der Waals surface area contributed by atoms with Crippen molar-refractivity contribution in [1.82, 2.24) is 0 Å². The number of ether oxygens (including phenoxy) is 2. The number of imide groups is 1. The molecule has 2 aliphatic heterocycles. The van der Waals surface area contributed by atoms with Crippen molar-refractivity contribution in [2.24, 2.45) is 0 Å². The van der Waals surface area contributed by atoms with E-state index in [9.17, 15) is 9.59 Å². The Hall–Kier alpha value is -4.06. The molecule has 2 aliphatic rings. The number of methoxy groups -OCH3 is 1. The third kappa shape index (κ3) is 3.44. The Kier molecular flexibility index (Phi) is 5.34. The molecule has 33 heavy (non-hydrogen) atoms. The molecule has 0 atom stereocenters. The van der Waals surface area contributed by atoms with Crippen LogP contribution in [-0.4, -0.2) is 32.1 Å². The highest BCUT2D eigenvalue weighted by Gasteiger charge is 2.44. The van der Waals surface area contributed by atoms with E-state index in [1.165, 1.54) is 4.90 Å². The Morgan fingerprint density at radius 3 is 2.52 bits per heavy atom. The van der Waals surface area contributed by atoms with Crippen LogP contribution in [0.15, 0.2) is 78.5 Å². The van der Waals surface area contributed by atoms with Crippen LogP contribution >= 0.6 is 0 Å². The molecule has 0 N–H and O–H groups in total. The number of para-hydroxylation sites is 2. The molecule has 0 spiro atoms. The van der Waals surface area contributed by atoms with E-state index in [4.69, 9.17) is 9.47 Å². The van der Waals surface area contributed by atoms with Gasteiger partial charge in [0.05, 0.1) is 25.0 Å². The van der Waals surface area contributed by atoms with Crippen LogP contribution in [0.25, 0.3) is 5.57 Å². The minimum absolute atomic E-state index is 0.343. The summed E-state index contributed by atoms with van der Waals surface area (Å²) in [5, 5.41) is 0. The van der Waals surface area contributed by atoms with Gasteiger partial charge in [-0.1, -0.05) is 42.5 Å². The maximum Gasteiger partial charge on any atom is 0.282 e. The van der Waals surface area contributed by atoms with Crippen LogP contribution in [0.2, 0.25) is 0 Å². The molecule has 0 bridgehead atoms. The van der Waals surface area contributed by atoms with Crippen molar-refractivity contribution in [3.05, 3.63) is 89.6 Å². The summed E-state index contributed by atoms with van der Waals surface area (Å²) in [5.74, 6) is 0.418. The van der Waals surface area contributed by atoms with Gasteiger partial charge in [0, 0.05) is 23.9 Å². The molecule has 0 fully saturated rings. The summed E-state index contributed by atoms with van der Waals surface area (Å²) in [7, 11) is 1.56. The summed E-state index contributed by atoms with van der Waals surface area (Å²) in [5.41, 5.74) is 3.90. The molecule has 166 valence electrons. The van der Waals surface area contributed by atoms with Crippen molar-refractivity contribution >= 4 is 28.8 Å². The van der Waals surface area contributed by atoms with Crippen molar-refractivity contribution in [3.8, 4) is 11.5 Å². The monoisotopic (exact) mass is 440 g/mol. The zero-order valence-electron chi connectivity index (χ0n) is 18.6. The number of rotatable bonds is 6. The number of carbonyl (C=O) groups excluding carboxylic acids is 2. The average Bonchev–Trinajstić information content (AvgIpc) is 3.37. The molecule has 3 aromatic rings. The van der Waals surface area contributed by atoms with Gasteiger partial charge in [-0.2, -0.15) is 0 Å². The lowest BCUT2D eigenvalue weighted by molar-refractivity contribution is -0.120. The van der Waals surface area contributed by atoms with Crippen LogP contribution in [0, 0.1) is 0 Å². The van der Waals surface area contributed by atoms with Crippen LogP contribution in [0.1, 0.15) is 18.1 Å².